The van der Waals surface area contributed by atoms with E-state index in [2.05, 4.69) is 91.5 Å². The summed E-state index contributed by atoms with van der Waals surface area (Å²) in [5.74, 6) is 0.730. The zero-order valence-electron chi connectivity index (χ0n) is 24.0. The Hall–Kier alpha value is -3.48. The Balaban J connectivity index is 1.14. The Kier molecular flexibility index (Phi) is 8.38. The molecule has 1 aromatic heterocycles. The summed E-state index contributed by atoms with van der Waals surface area (Å²) >= 11 is 0. The minimum atomic E-state index is -0.892. The van der Waals surface area contributed by atoms with Crippen molar-refractivity contribution < 1.29 is 9.84 Å². The molecule has 4 aromatic rings. The second-order valence-electron chi connectivity index (χ2n) is 12.2. The van der Waals surface area contributed by atoms with Gasteiger partial charge in [0.2, 0.25) is 0 Å². The number of ether oxygens (including phenoxy) is 1. The monoisotopic (exact) mass is 539 g/mol. The van der Waals surface area contributed by atoms with E-state index in [1.165, 1.54) is 15.8 Å². The molecule has 5 rings (SSSR count). The molecule has 1 fully saturated rings. The molecule has 0 spiro atoms. The summed E-state index contributed by atoms with van der Waals surface area (Å²) in [6.07, 6.45) is 5.25. The topological polar surface area (TPSA) is 80.1 Å². The predicted octanol–water partition coefficient (Wildman–Crippen LogP) is 6.15. The maximum atomic E-state index is 12.4. The van der Waals surface area contributed by atoms with Crippen molar-refractivity contribution in [1.82, 2.24) is 14.8 Å². The van der Waals surface area contributed by atoms with Gasteiger partial charge in [0.1, 0.15) is 11.4 Å². The predicted molar refractivity (Wildman–Crippen MR) is 160 cm³/mol. The molecule has 1 aliphatic rings. The summed E-state index contributed by atoms with van der Waals surface area (Å²) in [4.78, 5) is 15.4. The summed E-state index contributed by atoms with van der Waals surface area (Å²) in [5, 5.41) is 15.6. The molecule has 0 saturated carbocycles. The number of aliphatic hydroxyl groups is 1. The number of aryl methyl sites for hydroxylation is 2. The molecule has 1 atom stereocenters. The van der Waals surface area contributed by atoms with Gasteiger partial charge in [0, 0.05) is 13.0 Å². The fourth-order valence-corrected chi connectivity index (χ4v) is 5.37. The molecule has 0 aliphatic carbocycles. The molecule has 0 amide bonds. The van der Waals surface area contributed by atoms with Gasteiger partial charge in [-0.3, -0.25) is 4.98 Å². The molecule has 3 aromatic carbocycles. The van der Waals surface area contributed by atoms with Crippen molar-refractivity contribution in [3.05, 3.63) is 111 Å². The molecule has 6 heteroatoms. The molecule has 2 N–H and O–H groups in total. The maximum Gasteiger partial charge on any atom is 0.343 e. The van der Waals surface area contributed by atoms with Crippen LogP contribution in [0.4, 0.5) is 0 Å². The van der Waals surface area contributed by atoms with Crippen molar-refractivity contribution in [3.8, 4) is 11.1 Å². The van der Waals surface area contributed by atoms with E-state index in [0.29, 0.717) is 13.2 Å². The van der Waals surface area contributed by atoms with Crippen molar-refractivity contribution in [2.45, 2.75) is 76.9 Å². The summed E-state index contributed by atoms with van der Waals surface area (Å²) in [6.45, 7) is 8.14. The zero-order valence-corrected chi connectivity index (χ0v) is 24.0. The van der Waals surface area contributed by atoms with E-state index in [1.54, 1.807) is 0 Å². The van der Waals surface area contributed by atoms with E-state index < -0.39 is 5.60 Å². The lowest BCUT2D eigenvalue weighted by atomic mass is 9.87. The molecule has 0 bridgehead atoms. The molecular formula is C34H41N3O3. The first-order chi connectivity index (χ1) is 19.2. The minimum absolute atomic E-state index is 0.106. The number of benzene rings is 3. The number of H-pyrrole nitrogens is 1. The molecule has 2 heterocycles. The van der Waals surface area contributed by atoms with Crippen LogP contribution in [-0.4, -0.2) is 33.1 Å². The standard InChI is InChI=1S/C34H41N3O3/c1-33(2,3)29-17-11-26(12-18-29)23-37-32(38)35-31(36-37)8-6-7-25-9-13-27(14-10-25)28-15-19-30(20-16-28)34(39)21-4-5-22-40-24-34/h9-20,39H,4-8,21-24H2,1-3H3,(H,35,36,38). The Morgan fingerprint density at radius 1 is 0.900 bits per heavy atom. The van der Waals surface area contributed by atoms with Gasteiger partial charge < -0.3 is 9.84 Å². The van der Waals surface area contributed by atoms with Gasteiger partial charge in [-0.15, -0.1) is 0 Å². The van der Waals surface area contributed by atoms with Gasteiger partial charge in [-0.1, -0.05) is 93.6 Å². The van der Waals surface area contributed by atoms with Gasteiger partial charge >= 0.3 is 5.69 Å². The summed E-state index contributed by atoms with van der Waals surface area (Å²) < 4.78 is 7.14. The average molecular weight is 540 g/mol. The van der Waals surface area contributed by atoms with Crippen LogP contribution >= 0.6 is 0 Å². The average Bonchev–Trinajstić information content (AvgIpc) is 3.13. The normalized spacial score (nSPS) is 18.0. The number of hydrogen-bond donors (Lipinski definition) is 2. The van der Waals surface area contributed by atoms with Crippen LogP contribution in [0.25, 0.3) is 11.1 Å². The molecule has 0 radical (unpaired) electrons. The molecule has 1 saturated heterocycles. The molecule has 40 heavy (non-hydrogen) atoms. The molecule has 6 nitrogen and oxygen atoms in total. The first-order valence-electron chi connectivity index (χ1n) is 14.5. The highest BCUT2D eigenvalue weighted by Gasteiger charge is 2.30. The first kappa shape index (κ1) is 28.1. The van der Waals surface area contributed by atoms with E-state index in [0.717, 1.165) is 73.2 Å². The van der Waals surface area contributed by atoms with Crippen LogP contribution in [0, 0.1) is 0 Å². The van der Waals surface area contributed by atoms with E-state index in [1.807, 2.05) is 12.1 Å². The van der Waals surface area contributed by atoms with Crippen molar-refractivity contribution in [2.24, 2.45) is 0 Å². The largest absolute Gasteiger partial charge is 0.383 e. The second-order valence-corrected chi connectivity index (χ2v) is 12.2. The van der Waals surface area contributed by atoms with Crippen molar-refractivity contribution in [2.75, 3.05) is 13.2 Å². The lowest BCUT2D eigenvalue weighted by Gasteiger charge is -2.26. The third-order valence-electron chi connectivity index (χ3n) is 7.94. The molecule has 210 valence electrons. The number of nitrogens with one attached hydrogen (secondary N) is 1. The van der Waals surface area contributed by atoms with Gasteiger partial charge in [0.15, 0.2) is 0 Å². The number of hydrogen-bond acceptors (Lipinski definition) is 4. The third kappa shape index (κ3) is 6.80. The number of aromatic nitrogens is 3. The second kappa shape index (κ2) is 11.9. The summed E-state index contributed by atoms with van der Waals surface area (Å²) in [7, 11) is 0. The maximum absolute atomic E-state index is 12.4. The van der Waals surface area contributed by atoms with E-state index in [4.69, 9.17) is 4.74 Å². The smallest absolute Gasteiger partial charge is 0.343 e. The highest BCUT2D eigenvalue weighted by molar-refractivity contribution is 5.64. The third-order valence-corrected chi connectivity index (χ3v) is 7.94. The Morgan fingerprint density at radius 2 is 1.55 bits per heavy atom. The summed E-state index contributed by atoms with van der Waals surface area (Å²) in [5.41, 5.74) is 5.85. The Labute approximate surface area is 237 Å². The van der Waals surface area contributed by atoms with E-state index >= 15 is 0 Å². The van der Waals surface area contributed by atoms with E-state index in [-0.39, 0.29) is 11.1 Å². The van der Waals surface area contributed by atoms with Crippen LogP contribution < -0.4 is 5.69 Å². The quantitative estimate of drug-likeness (QED) is 0.282. The minimum Gasteiger partial charge on any atom is -0.383 e. The highest BCUT2D eigenvalue weighted by atomic mass is 16.5. The van der Waals surface area contributed by atoms with Gasteiger partial charge in [-0.05, 0) is 70.9 Å². The van der Waals surface area contributed by atoms with Crippen LogP contribution in [0.5, 0.6) is 0 Å². The fraction of sp³-hybridized carbons (Fsp3) is 0.412. The van der Waals surface area contributed by atoms with Crippen molar-refractivity contribution in [3.63, 3.8) is 0 Å². The first-order valence-corrected chi connectivity index (χ1v) is 14.5. The van der Waals surface area contributed by atoms with Gasteiger partial charge in [-0.25, -0.2) is 9.48 Å². The van der Waals surface area contributed by atoms with Gasteiger partial charge in [0.25, 0.3) is 0 Å². The summed E-state index contributed by atoms with van der Waals surface area (Å²) in [6, 6.07) is 25.3. The van der Waals surface area contributed by atoms with Gasteiger partial charge in [-0.2, -0.15) is 5.10 Å². The SMILES string of the molecule is CC(C)(C)c1ccc(Cn2nc(CCCc3ccc(-c4ccc(C5(O)CCCCOC5)cc4)cc3)[nH]c2=O)cc1. The van der Waals surface area contributed by atoms with Crippen LogP contribution in [0.3, 0.4) is 0 Å². The lowest BCUT2D eigenvalue weighted by molar-refractivity contribution is -0.0415. The van der Waals surface area contributed by atoms with Crippen LogP contribution in [0.15, 0.2) is 77.6 Å². The van der Waals surface area contributed by atoms with Crippen molar-refractivity contribution >= 4 is 0 Å². The van der Waals surface area contributed by atoms with Crippen LogP contribution in [0.1, 0.15) is 74.5 Å². The van der Waals surface area contributed by atoms with Crippen molar-refractivity contribution in [1.29, 1.82) is 0 Å². The van der Waals surface area contributed by atoms with Crippen LogP contribution in [-0.2, 0) is 35.1 Å². The van der Waals surface area contributed by atoms with Crippen LogP contribution in [0.2, 0.25) is 0 Å². The zero-order chi connectivity index (χ0) is 28.2. The lowest BCUT2D eigenvalue weighted by Crippen LogP contribution is -2.30. The fourth-order valence-electron chi connectivity index (χ4n) is 5.37. The number of rotatable bonds is 8. The molecule has 1 unspecified atom stereocenters. The highest BCUT2D eigenvalue weighted by Crippen LogP contribution is 2.32. The Bertz CT molecular complexity index is 1430. The molecule has 1 aliphatic heterocycles. The number of aromatic amines is 1. The Morgan fingerprint density at radius 3 is 2.23 bits per heavy atom. The number of nitrogens with zero attached hydrogens (tertiary/aromatic N) is 2. The molecular weight excluding hydrogens is 498 g/mol. The van der Waals surface area contributed by atoms with Gasteiger partial charge in [0.05, 0.1) is 13.2 Å². The van der Waals surface area contributed by atoms with E-state index in [9.17, 15) is 9.90 Å².